The summed E-state index contributed by atoms with van der Waals surface area (Å²) in [4.78, 5) is 10.8. The Morgan fingerprint density at radius 1 is 1.50 bits per heavy atom. The van der Waals surface area contributed by atoms with Gasteiger partial charge in [-0.25, -0.2) is 0 Å². The lowest BCUT2D eigenvalue weighted by Gasteiger charge is -2.29. The summed E-state index contributed by atoms with van der Waals surface area (Å²) in [5.41, 5.74) is 0.636. The van der Waals surface area contributed by atoms with Gasteiger partial charge in [0.2, 0.25) is 0 Å². The minimum absolute atomic E-state index is 0.127. The molecule has 1 fully saturated rings. The van der Waals surface area contributed by atoms with Crippen LogP contribution >= 0.6 is 0 Å². The van der Waals surface area contributed by atoms with Crippen molar-refractivity contribution in [2.45, 2.75) is 19.4 Å². The average molecular weight is 302 g/mol. The first kappa shape index (κ1) is 14.9. The summed E-state index contributed by atoms with van der Waals surface area (Å²) in [5.74, 6) is -1.30. The molecule has 1 aliphatic heterocycles. The Balaban J connectivity index is 1.89. The third-order valence-electron chi connectivity index (χ3n) is 3.35. The number of nitrogens with zero attached hydrogens (tertiary/aromatic N) is 3. The number of carboxylic acids is 1. The van der Waals surface area contributed by atoms with Crippen LogP contribution in [0, 0.1) is 5.92 Å². The van der Waals surface area contributed by atoms with E-state index < -0.39 is 22.1 Å². The number of carbonyl (C=O) groups is 1. The number of aromatic nitrogens is 2. The van der Waals surface area contributed by atoms with Crippen LogP contribution in [0.15, 0.2) is 12.3 Å². The second-order valence-electron chi connectivity index (χ2n) is 4.82. The first-order chi connectivity index (χ1) is 9.38. The lowest BCUT2D eigenvalue weighted by molar-refractivity contribution is -0.142. The van der Waals surface area contributed by atoms with E-state index in [4.69, 9.17) is 5.11 Å². The van der Waals surface area contributed by atoms with Crippen LogP contribution in [0.4, 0.5) is 0 Å². The highest BCUT2D eigenvalue weighted by molar-refractivity contribution is 7.87. The Bertz CT molecular complexity index is 575. The predicted octanol–water partition coefficient (Wildman–Crippen LogP) is -0.449. The Kier molecular flexibility index (Phi) is 4.41. The molecule has 0 atom stereocenters. The standard InChI is InChI=1S/C11H18N4O4S/c1-14-5-4-10(13-14)8-12-20(18,19)15-6-2-9(3-7-15)11(16)17/h4-5,9,12H,2-3,6-8H2,1H3,(H,16,17). The molecule has 1 saturated heterocycles. The topological polar surface area (TPSA) is 105 Å². The molecule has 0 spiro atoms. The van der Waals surface area contributed by atoms with E-state index in [2.05, 4.69) is 9.82 Å². The summed E-state index contributed by atoms with van der Waals surface area (Å²) in [6.07, 6.45) is 2.43. The molecule has 2 heterocycles. The number of hydrogen-bond acceptors (Lipinski definition) is 4. The molecule has 1 aliphatic rings. The van der Waals surface area contributed by atoms with Crippen molar-refractivity contribution in [3.05, 3.63) is 18.0 Å². The summed E-state index contributed by atoms with van der Waals surface area (Å²) in [6, 6.07) is 1.74. The number of carboxylic acid groups (broad SMARTS) is 1. The van der Waals surface area contributed by atoms with Gasteiger partial charge in [-0.05, 0) is 18.9 Å². The fourth-order valence-corrected chi connectivity index (χ4v) is 3.36. The highest BCUT2D eigenvalue weighted by Gasteiger charge is 2.30. The average Bonchev–Trinajstić information content (AvgIpc) is 2.82. The molecule has 0 radical (unpaired) electrons. The largest absolute Gasteiger partial charge is 0.481 e. The van der Waals surface area contributed by atoms with E-state index in [1.54, 1.807) is 24.0 Å². The van der Waals surface area contributed by atoms with Crippen LogP contribution in [-0.4, -0.2) is 46.7 Å². The summed E-state index contributed by atoms with van der Waals surface area (Å²) < 4.78 is 29.5. The van der Waals surface area contributed by atoms with Crippen molar-refractivity contribution in [1.29, 1.82) is 0 Å². The molecule has 1 aromatic rings. The van der Waals surface area contributed by atoms with E-state index in [9.17, 15) is 13.2 Å². The third kappa shape index (κ3) is 3.56. The van der Waals surface area contributed by atoms with Crippen molar-refractivity contribution in [3.63, 3.8) is 0 Å². The number of nitrogens with one attached hydrogen (secondary N) is 1. The van der Waals surface area contributed by atoms with Gasteiger partial charge in [0.15, 0.2) is 0 Å². The van der Waals surface area contributed by atoms with Crippen molar-refractivity contribution >= 4 is 16.2 Å². The SMILES string of the molecule is Cn1ccc(CNS(=O)(=O)N2CCC(C(=O)O)CC2)n1. The minimum Gasteiger partial charge on any atom is -0.481 e. The first-order valence-corrected chi connectivity index (χ1v) is 7.78. The van der Waals surface area contributed by atoms with Gasteiger partial charge in [0.1, 0.15) is 0 Å². The van der Waals surface area contributed by atoms with Gasteiger partial charge in [0, 0.05) is 26.3 Å². The normalized spacial score (nSPS) is 18.2. The Labute approximate surface area is 117 Å². The smallest absolute Gasteiger partial charge is 0.306 e. The number of rotatable bonds is 5. The molecule has 0 aromatic carbocycles. The Hall–Kier alpha value is -1.45. The van der Waals surface area contributed by atoms with Gasteiger partial charge in [0.05, 0.1) is 18.2 Å². The van der Waals surface area contributed by atoms with E-state index in [0.29, 0.717) is 18.5 Å². The second-order valence-corrected chi connectivity index (χ2v) is 6.57. The second kappa shape index (κ2) is 5.90. The molecule has 2 rings (SSSR count). The van der Waals surface area contributed by atoms with E-state index in [1.807, 2.05) is 0 Å². The zero-order valence-corrected chi connectivity index (χ0v) is 12.0. The summed E-state index contributed by atoms with van der Waals surface area (Å²) in [6.45, 7) is 0.588. The van der Waals surface area contributed by atoms with Crippen molar-refractivity contribution in [2.24, 2.45) is 13.0 Å². The molecule has 20 heavy (non-hydrogen) atoms. The maximum Gasteiger partial charge on any atom is 0.306 e. The van der Waals surface area contributed by atoms with E-state index >= 15 is 0 Å². The van der Waals surface area contributed by atoms with E-state index in [0.717, 1.165) is 0 Å². The van der Waals surface area contributed by atoms with E-state index in [1.165, 1.54) is 4.31 Å². The van der Waals surface area contributed by atoms with Crippen molar-refractivity contribution < 1.29 is 18.3 Å². The van der Waals surface area contributed by atoms with Gasteiger partial charge in [-0.15, -0.1) is 0 Å². The summed E-state index contributed by atoms with van der Waals surface area (Å²) in [5, 5.41) is 13.0. The number of aliphatic carboxylic acids is 1. The highest BCUT2D eigenvalue weighted by Crippen LogP contribution is 2.19. The number of piperidine rings is 1. The molecular formula is C11H18N4O4S. The van der Waals surface area contributed by atoms with Gasteiger partial charge < -0.3 is 5.11 Å². The van der Waals surface area contributed by atoms with E-state index in [-0.39, 0.29) is 19.6 Å². The lowest BCUT2D eigenvalue weighted by Crippen LogP contribution is -2.45. The summed E-state index contributed by atoms with van der Waals surface area (Å²) >= 11 is 0. The molecular weight excluding hydrogens is 284 g/mol. The van der Waals surface area contributed by atoms with Crippen LogP contribution in [0.3, 0.4) is 0 Å². The van der Waals surface area contributed by atoms with Crippen LogP contribution in [0.1, 0.15) is 18.5 Å². The quantitative estimate of drug-likeness (QED) is 0.766. The van der Waals surface area contributed by atoms with Crippen LogP contribution in [0.25, 0.3) is 0 Å². The molecule has 0 unspecified atom stereocenters. The third-order valence-corrected chi connectivity index (χ3v) is 4.90. The molecule has 0 amide bonds. The van der Waals surface area contributed by atoms with Crippen molar-refractivity contribution in [2.75, 3.05) is 13.1 Å². The van der Waals surface area contributed by atoms with Gasteiger partial charge >= 0.3 is 5.97 Å². The molecule has 0 bridgehead atoms. The van der Waals surface area contributed by atoms with Crippen LogP contribution < -0.4 is 4.72 Å². The number of hydrogen-bond donors (Lipinski definition) is 2. The molecule has 8 nitrogen and oxygen atoms in total. The van der Waals surface area contributed by atoms with Gasteiger partial charge in [-0.1, -0.05) is 0 Å². The monoisotopic (exact) mass is 302 g/mol. The Morgan fingerprint density at radius 3 is 2.65 bits per heavy atom. The molecule has 0 aliphatic carbocycles. The Morgan fingerprint density at radius 2 is 2.15 bits per heavy atom. The minimum atomic E-state index is -3.58. The maximum absolute atomic E-state index is 12.1. The zero-order chi connectivity index (χ0) is 14.8. The van der Waals surface area contributed by atoms with Gasteiger partial charge in [-0.2, -0.15) is 22.5 Å². The van der Waals surface area contributed by atoms with Crippen molar-refractivity contribution in [3.8, 4) is 0 Å². The highest BCUT2D eigenvalue weighted by atomic mass is 32.2. The fourth-order valence-electron chi connectivity index (χ4n) is 2.16. The molecule has 9 heteroatoms. The van der Waals surface area contributed by atoms with Crippen LogP contribution in [0.5, 0.6) is 0 Å². The van der Waals surface area contributed by atoms with Gasteiger partial charge in [0.25, 0.3) is 10.2 Å². The molecule has 2 N–H and O–H groups in total. The fraction of sp³-hybridized carbons (Fsp3) is 0.636. The predicted molar refractivity (Wildman–Crippen MR) is 70.9 cm³/mol. The zero-order valence-electron chi connectivity index (χ0n) is 11.2. The number of aryl methyl sites for hydroxylation is 1. The maximum atomic E-state index is 12.1. The molecule has 112 valence electrons. The first-order valence-electron chi connectivity index (χ1n) is 6.34. The molecule has 0 saturated carbocycles. The van der Waals surface area contributed by atoms with Gasteiger partial charge in [-0.3, -0.25) is 9.48 Å². The van der Waals surface area contributed by atoms with Crippen LogP contribution in [0.2, 0.25) is 0 Å². The van der Waals surface area contributed by atoms with Crippen LogP contribution in [-0.2, 0) is 28.6 Å². The summed E-state index contributed by atoms with van der Waals surface area (Å²) in [7, 11) is -1.82. The lowest BCUT2D eigenvalue weighted by atomic mass is 9.99. The molecule has 1 aromatic heterocycles. The van der Waals surface area contributed by atoms with Crippen molar-refractivity contribution in [1.82, 2.24) is 18.8 Å².